The molecule has 1 aliphatic heterocycles. The quantitative estimate of drug-likeness (QED) is 0.417. The molecule has 4 N–H and O–H groups in total. The van der Waals surface area contributed by atoms with Crippen LogP contribution in [0.4, 0.5) is 30.6 Å². The maximum absolute atomic E-state index is 14.2. The van der Waals surface area contributed by atoms with Gasteiger partial charge in [0.05, 0.1) is 17.9 Å². The minimum absolute atomic E-state index is 0.0186. The zero-order valence-electron chi connectivity index (χ0n) is 18.2. The van der Waals surface area contributed by atoms with E-state index in [1.54, 1.807) is 36.0 Å². The summed E-state index contributed by atoms with van der Waals surface area (Å²) >= 11 is 0. The molecule has 3 aromatic rings. The Kier molecular flexibility index (Phi) is 5.62. The van der Waals surface area contributed by atoms with Gasteiger partial charge in [0.2, 0.25) is 0 Å². The van der Waals surface area contributed by atoms with E-state index in [2.05, 4.69) is 31.0 Å². The van der Waals surface area contributed by atoms with Crippen molar-refractivity contribution in [2.45, 2.75) is 37.6 Å². The molecule has 0 bridgehead atoms. The SMILES string of the molecule is CNc1cc(NC2=CC=CN(c3ncccc3F)C2O)nc2c(CNC3CCC3(F)F)cnn12. The summed E-state index contributed by atoms with van der Waals surface area (Å²) in [6, 6.07) is 3.56. The molecule has 0 amide bonds. The van der Waals surface area contributed by atoms with Crippen LogP contribution in [0.5, 0.6) is 0 Å². The van der Waals surface area contributed by atoms with Gasteiger partial charge in [-0.15, -0.1) is 0 Å². The van der Waals surface area contributed by atoms with Crippen molar-refractivity contribution in [2.24, 2.45) is 0 Å². The van der Waals surface area contributed by atoms with Crippen LogP contribution in [0.2, 0.25) is 0 Å². The Morgan fingerprint density at radius 3 is 2.88 bits per heavy atom. The molecule has 12 heteroatoms. The summed E-state index contributed by atoms with van der Waals surface area (Å²) in [5.74, 6) is -2.31. The van der Waals surface area contributed by atoms with Crippen molar-refractivity contribution in [1.29, 1.82) is 0 Å². The number of nitrogens with one attached hydrogen (secondary N) is 3. The Morgan fingerprint density at radius 2 is 2.18 bits per heavy atom. The Labute approximate surface area is 193 Å². The average Bonchev–Trinajstić information content (AvgIpc) is 3.23. The number of halogens is 3. The van der Waals surface area contributed by atoms with Gasteiger partial charge in [0.1, 0.15) is 11.6 Å². The largest absolute Gasteiger partial charge is 0.373 e. The molecule has 178 valence electrons. The van der Waals surface area contributed by atoms with Gasteiger partial charge in [0.25, 0.3) is 5.92 Å². The lowest BCUT2D eigenvalue weighted by molar-refractivity contribution is -0.106. The highest BCUT2D eigenvalue weighted by molar-refractivity contribution is 5.62. The number of hydrogen-bond acceptors (Lipinski definition) is 8. The van der Waals surface area contributed by atoms with Crippen LogP contribution in [-0.2, 0) is 6.54 Å². The van der Waals surface area contributed by atoms with Gasteiger partial charge in [-0.1, -0.05) is 0 Å². The van der Waals surface area contributed by atoms with Gasteiger partial charge in [-0.05, 0) is 30.7 Å². The van der Waals surface area contributed by atoms with Gasteiger partial charge >= 0.3 is 0 Å². The van der Waals surface area contributed by atoms with Gasteiger partial charge < -0.3 is 21.1 Å². The summed E-state index contributed by atoms with van der Waals surface area (Å²) < 4.78 is 43.0. The summed E-state index contributed by atoms with van der Waals surface area (Å²) in [5.41, 5.74) is 1.47. The van der Waals surface area contributed by atoms with Crippen molar-refractivity contribution in [1.82, 2.24) is 24.9 Å². The average molecular weight is 472 g/mol. The highest BCUT2D eigenvalue weighted by atomic mass is 19.3. The maximum Gasteiger partial charge on any atom is 0.263 e. The molecule has 2 unspecified atom stereocenters. The third-order valence-electron chi connectivity index (χ3n) is 5.94. The zero-order valence-corrected chi connectivity index (χ0v) is 18.2. The standard InChI is InChI=1S/C22H23F3N8O/c1-26-18-10-17(30-15-5-3-9-32(21(15)34)20-14(23)4-2-8-27-20)31-19-13(12-29-33(18)19)11-28-16-6-7-22(16,24)25/h2-5,8-10,12,16,21,26,28,34H,6-7,11H2,1H3,(H,30,31). The number of aliphatic hydroxyl groups excluding tert-OH is 1. The molecule has 4 heterocycles. The molecule has 3 aromatic heterocycles. The van der Waals surface area contributed by atoms with E-state index in [1.807, 2.05) is 0 Å². The molecule has 5 rings (SSSR count). The van der Waals surface area contributed by atoms with Crippen molar-refractivity contribution in [2.75, 3.05) is 22.6 Å². The van der Waals surface area contributed by atoms with Crippen LogP contribution in [0.25, 0.3) is 5.65 Å². The fourth-order valence-electron chi connectivity index (χ4n) is 3.93. The monoisotopic (exact) mass is 472 g/mol. The topological polar surface area (TPSA) is 103 Å². The third kappa shape index (κ3) is 3.94. The van der Waals surface area contributed by atoms with E-state index >= 15 is 0 Å². The lowest BCUT2D eigenvalue weighted by Gasteiger charge is -2.36. The predicted octanol–water partition coefficient (Wildman–Crippen LogP) is 2.84. The summed E-state index contributed by atoms with van der Waals surface area (Å²) in [7, 11) is 1.72. The van der Waals surface area contributed by atoms with Gasteiger partial charge in [-0.3, -0.25) is 4.90 Å². The molecule has 9 nitrogen and oxygen atoms in total. The van der Waals surface area contributed by atoms with E-state index in [9.17, 15) is 18.3 Å². The second-order valence-electron chi connectivity index (χ2n) is 8.09. The van der Waals surface area contributed by atoms with Crippen molar-refractivity contribution in [3.8, 4) is 0 Å². The van der Waals surface area contributed by atoms with Crippen LogP contribution in [0, 0.1) is 5.82 Å². The van der Waals surface area contributed by atoms with Gasteiger partial charge in [0, 0.05) is 44.0 Å². The number of aliphatic hydroxyl groups is 1. The van der Waals surface area contributed by atoms with Crippen molar-refractivity contribution in [3.05, 3.63) is 66.0 Å². The minimum atomic E-state index is -2.70. The first-order valence-electron chi connectivity index (χ1n) is 10.8. The number of allylic oxidation sites excluding steroid dienone is 2. The Bertz CT molecular complexity index is 1270. The fourth-order valence-corrected chi connectivity index (χ4v) is 3.93. The van der Waals surface area contributed by atoms with E-state index in [0.717, 1.165) is 0 Å². The smallest absolute Gasteiger partial charge is 0.263 e. The fraction of sp³-hybridized carbons (Fsp3) is 0.318. The summed E-state index contributed by atoms with van der Waals surface area (Å²) in [4.78, 5) is 9.89. The van der Waals surface area contributed by atoms with Crippen LogP contribution >= 0.6 is 0 Å². The number of pyridine rings is 1. The van der Waals surface area contributed by atoms with Gasteiger partial charge in [-0.25, -0.2) is 23.1 Å². The first-order valence-corrected chi connectivity index (χ1v) is 10.8. The number of alkyl halides is 2. The van der Waals surface area contributed by atoms with E-state index in [4.69, 9.17) is 0 Å². The summed E-state index contributed by atoms with van der Waals surface area (Å²) in [6.07, 6.45) is 6.90. The normalized spacial score (nSPS) is 21.3. The van der Waals surface area contributed by atoms with E-state index in [-0.39, 0.29) is 18.8 Å². The molecule has 1 saturated carbocycles. The van der Waals surface area contributed by atoms with Crippen molar-refractivity contribution in [3.63, 3.8) is 0 Å². The summed E-state index contributed by atoms with van der Waals surface area (Å²) in [5, 5.41) is 24.1. The van der Waals surface area contributed by atoms with Crippen LogP contribution < -0.4 is 20.9 Å². The Hall–Kier alpha value is -3.64. The molecule has 34 heavy (non-hydrogen) atoms. The first kappa shape index (κ1) is 22.2. The second kappa shape index (κ2) is 8.61. The number of fused-ring (bicyclic) bond motifs is 1. The molecule has 1 fully saturated rings. The number of rotatable bonds is 7. The van der Waals surface area contributed by atoms with E-state index in [0.29, 0.717) is 35.0 Å². The highest BCUT2D eigenvalue weighted by Gasteiger charge is 2.47. The lowest BCUT2D eigenvalue weighted by atomic mass is 9.88. The number of anilines is 3. The first-order chi connectivity index (χ1) is 16.4. The van der Waals surface area contributed by atoms with E-state index in [1.165, 1.54) is 29.4 Å². The molecular weight excluding hydrogens is 449 g/mol. The molecule has 2 aliphatic rings. The lowest BCUT2D eigenvalue weighted by Crippen LogP contribution is -2.52. The molecule has 0 radical (unpaired) electrons. The Balaban J connectivity index is 1.39. The molecule has 2 atom stereocenters. The van der Waals surface area contributed by atoms with Crippen LogP contribution in [-0.4, -0.2) is 49.9 Å². The second-order valence-corrected chi connectivity index (χ2v) is 8.09. The van der Waals surface area contributed by atoms with Crippen LogP contribution in [0.3, 0.4) is 0 Å². The molecule has 1 aliphatic carbocycles. The third-order valence-corrected chi connectivity index (χ3v) is 5.94. The molecular formula is C22H23F3N8O. The van der Waals surface area contributed by atoms with Crippen LogP contribution in [0.15, 0.2) is 54.6 Å². The van der Waals surface area contributed by atoms with E-state index < -0.39 is 24.0 Å². The maximum atomic E-state index is 14.2. The predicted molar refractivity (Wildman–Crippen MR) is 121 cm³/mol. The van der Waals surface area contributed by atoms with Crippen molar-refractivity contribution < 1.29 is 18.3 Å². The Morgan fingerprint density at radius 1 is 1.32 bits per heavy atom. The van der Waals surface area contributed by atoms with Crippen molar-refractivity contribution >= 4 is 23.1 Å². The van der Waals surface area contributed by atoms with Gasteiger partial charge in [0.15, 0.2) is 23.5 Å². The molecule has 0 spiro atoms. The zero-order chi connectivity index (χ0) is 23.9. The molecule has 0 saturated heterocycles. The summed E-state index contributed by atoms with van der Waals surface area (Å²) in [6.45, 7) is 0.185. The number of nitrogens with zero attached hydrogens (tertiary/aromatic N) is 5. The number of hydrogen-bond donors (Lipinski definition) is 4. The van der Waals surface area contributed by atoms with Gasteiger partial charge in [-0.2, -0.15) is 9.61 Å². The van der Waals surface area contributed by atoms with Crippen LogP contribution in [0.1, 0.15) is 18.4 Å². The molecule has 0 aromatic carbocycles. The minimum Gasteiger partial charge on any atom is -0.373 e. The highest BCUT2D eigenvalue weighted by Crippen LogP contribution is 2.37. The number of aromatic nitrogens is 4.